The van der Waals surface area contributed by atoms with Gasteiger partial charge in [-0.05, 0) is 6.92 Å². The van der Waals surface area contributed by atoms with E-state index in [1.54, 1.807) is 0 Å². The van der Waals surface area contributed by atoms with Crippen LogP contribution in [0, 0.1) is 5.41 Å². The van der Waals surface area contributed by atoms with Crippen molar-refractivity contribution < 1.29 is 23.1 Å². The van der Waals surface area contributed by atoms with Gasteiger partial charge in [0.1, 0.15) is 5.41 Å². The van der Waals surface area contributed by atoms with Gasteiger partial charge in [0.25, 0.3) is 11.1 Å². The Bertz CT molecular complexity index is 241. The fourth-order valence-corrected chi connectivity index (χ4v) is 1.39. The Morgan fingerprint density at radius 1 is 1.50 bits per heavy atom. The van der Waals surface area contributed by atoms with Crippen LogP contribution in [0.2, 0.25) is 0 Å². The van der Waals surface area contributed by atoms with Crippen LogP contribution >= 0.6 is 11.6 Å². The van der Waals surface area contributed by atoms with E-state index in [0.717, 1.165) is 6.92 Å². The summed E-state index contributed by atoms with van der Waals surface area (Å²) in [6.45, 7) is 0.861. The number of aliphatic carboxylic acids is 1. The number of carboxylic acids is 1. The van der Waals surface area contributed by atoms with E-state index in [0.29, 0.717) is 0 Å². The zero-order valence-electron chi connectivity index (χ0n) is 6.07. The molecule has 1 rings (SSSR count). The molecule has 2 atom stereocenters. The van der Waals surface area contributed by atoms with E-state index in [-0.39, 0.29) is 0 Å². The first-order valence-electron chi connectivity index (χ1n) is 3.14. The smallest absolute Gasteiger partial charge is 0.314 e. The first-order chi connectivity index (χ1) is 5.15. The van der Waals surface area contributed by atoms with Gasteiger partial charge >= 0.3 is 5.97 Å². The number of carbonyl (C=O) groups is 1. The third-order valence-electron chi connectivity index (χ3n) is 2.20. The highest BCUT2D eigenvalue weighted by Crippen LogP contribution is 2.64. The second-order valence-corrected chi connectivity index (χ2v) is 3.61. The van der Waals surface area contributed by atoms with E-state index in [2.05, 4.69) is 0 Å². The SMILES string of the molecule is CC1(C(=O)O)CC(F)(F)C1(F)Cl. The van der Waals surface area contributed by atoms with Crippen LogP contribution in [-0.2, 0) is 4.79 Å². The summed E-state index contributed by atoms with van der Waals surface area (Å²) in [6, 6.07) is 0. The van der Waals surface area contributed by atoms with Gasteiger partial charge in [0.05, 0.1) is 0 Å². The van der Waals surface area contributed by atoms with Crippen LogP contribution in [0.4, 0.5) is 13.2 Å². The second-order valence-electron chi connectivity index (χ2n) is 3.09. The molecule has 6 heteroatoms. The van der Waals surface area contributed by atoms with Crippen molar-refractivity contribution >= 4 is 17.6 Å². The predicted molar refractivity (Wildman–Crippen MR) is 35.0 cm³/mol. The largest absolute Gasteiger partial charge is 0.481 e. The van der Waals surface area contributed by atoms with Crippen LogP contribution in [-0.4, -0.2) is 22.1 Å². The van der Waals surface area contributed by atoms with Crippen molar-refractivity contribution in [2.24, 2.45) is 5.41 Å². The Kier molecular flexibility index (Phi) is 1.66. The molecule has 0 saturated heterocycles. The molecule has 2 unspecified atom stereocenters. The van der Waals surface area contributed by atoms with E-state index in [1.165, 1.54) is 0 Å². The van der Waals surface area contributed by atoms with Gasteiger partial charge < -0.3 is 5.11 Å². The average Bonchev–Trinajstić information content (AvgIpc) is 1.85. The summed E-state index contributed by atoms with van der Waals surface area (Å²) < 4.78 is 37.7. The van der Waals surface area contributed by atoms with Gasteiger partial charge in [0, 0.05) is 6.42 Å². The van der Waals surface area contributed by atoms with Crippen molar-refractivity contribution in [3.8, 4) is 0 Å². The van der Waals surface area contributed by atoms with Crippen molar-refractivity contribution in [2.45, 2.75) is 24.4 Å². The van der Waals surface area contributed by atoms with Gasteiger partial charge in [-0.1, -0.05) is 11.6 Å². The van der Waals surface area contributed by atoms with E-state index in [9.17, 15) is 18.0 Å². The highest BCUT2D eigenvalue weighted by Gasteiger charge is 2.79. The number of hydrogen-bond acceptors (Lipinski definition) is 1. The maximum atomic E-state index is 12.9. The molecular formula is C6H6ClF3O2. The number of carboxylic acid groups (broad SMARTS) is 1. The molecule has 1 N–H and O–H groups in total. The van der Waals surface area contributed by atoms with Crippen LogP contribution in [0.15, 0.2) is 0 Å². The summed E-state index contributed by atoms with van der Waals surface area (Å²) in [6.07, 6.45) is -1.06. The van der Waals surface area contributed by atoms with Gasteiger partial charge in [-0.2, -0.15) is 0 Å². The Hall–Kier alpha value is -0.450. The molecule has 1 aliphatic rings. The van der Waals surface area contributed by atoms with Gasteiger partial charge in [-0.25, -0.2) is 13.2 Å². The predicted octanol–water partition coefficient (Wildman–Crippen LogP) is 2.02. The van der Waals surface area contributed by atoms with Crippen LogP contribution in [0.3, 0.4) is 0 Å². The fraction of sp³-hybridized carbons (Fsp3) is 0.833. The highest BCUT2D eigenvalue weighted by atomic mass is 35.5. The van der Waals surface area contributed by atoms with Gasteiger partial charge in [0.2, 0.25) is 0 Å². The maximum absolute atomic E-state index is 12.9. The maximum Gasteiger partial charge on any atom is 0.314 e. The Morgan fingerprint density at radius 3 is 2.00 bits per heavy atom. The highest BCUT2D eigenvalue weighted by molar-refractivity contribution is 6.26. The molecule has 0 bridgehead atoms. The third-order valence-corrected chi connectivity index (χ3v) is 2.89. The zero-order chi connectivity index (χ0) is 9.78. The molecule has 0 amide bonds. The lowest BCUT2D eigenvalue weighted by molar-refractivity contribution is -0.252. The average molecular weight is 203 g/mol. The van der Waals surface area contributed by atoms with Crippen molar-refractivity contribution in [1.82, 2.24) is 0 Å². The minimum atomic E-state index is -3.75. The third kappa shape index (κ3) is 0.800. The standard InChI is InChI=1S/C6H6ClF3O2/c1-4(3(11)12)2-5(8,9)6(4,7)10/h2H2,1H3,(H,11,12). The molecule has 70 valence electrons. The van der Waals surface area contributed by atoms with Gasteiger partial charge in [-0.15, -0.1) is 0 Å². The normalized spacial score (nSPS) is 45.1. The Balaban J connectivity index is 2.99. The summed E-state index contributed by atoms with van der Waals surface area (Å²) in [5.41, 5.74) is -2.18. The molecule has 2 nitrogen and oxygen atoms in total. The van der Waals surface area contributed by atoms with E-state index >= 15 is 0 Å². The summed E-state index contributed by atoms with van der Waals surface area (Å²) >= 11 is 4.80. The molecule has 0 aromatic rings. The molecule has 0 aromatic heterocycles. The Labute approximate surface area is 71.3 Å². The van der Waals surface area contributed by atoms with Crippen LogP contribution in [0.25, 0.3) is 0 Å². The number of hydrogen-bond donors (Lipinski definition) is 1. The number of rotatable bonds is 1. The molecular weight excluding hydrogens is 197 g/mol. The first kappa shape index (κ1) is 9.64. The lowest BCUT2D eigenvalue weighted by Crippen LogP contribution is -2.67. The minimum Gasteiger partial charge on any atom is -0.481 e. The second kappa shape index (κ2) is 2.07. The van der Waals surface area contributed by atoms with Crippen LogP contribution in [0.5, 0.6) is 0 Å². The molecule has 0 heterocycles. The topological polar surface area (TPSA) is 37.3 Å². The molecule has 1 aliphatic carbocycles. The van der Waals surface area contributed by atoms with E-state index < -0.39 is 28.9 Å². The fourth-order valence-electron chi connectivity index (χ4n) is 1.17. The van der Waals surface area contributed by atoms with Crippen LogP contribution < -0.4 is 0 Å². The molecule has 1 fully saturated rings. The van der Waals surface area contributed by atoms with Gasteiger partial charge in [-0.3, -0.25) is 4.79 Å². The minimum absolute atomic E-state index is 0.861. The molecule has 1 saturated carbocycles. The Morgan fingerprint density at radius 2 is 1.92 bits per heavy atom. The number of alkyl halides is 4. The zero-order valence-corrected chi connectivity index (χ0v) is 6.83. The molecule has 12 heavy (non-hydrogen) atoms. The lowest BCUT2D eigenvalue weighted by Gasteiger charge is -2.50. The molecule has 0 aromatic carbocycles. The van der Waals surface area contributed by atoms with Crippen molar-refractivity contribution in [2.75, 3.05) is 0 Å². The van der Waals surface area contributed by atoms with Crippen molar-refractivity contribution in [1.29, 1.82) is 0 Å². The van der Waals surface area contributed by atoms with Crippen molar-refractivity contribution in [3.05, 3.63) is 0 Å². The molecule has 0 aliphatic heterocycles. The summed E-state index contributed by atoms with van der Waals surface area (Å²) in [4.78, 5) is 10.3. The summed E-state index contributed by atoms with van der Waals surface area (Å²) in [7, 11) is 0. The van der Waals surface area contributed by atoms with Crippen molar-refractivity contribution in [3.63, 3.8) is 0 Å². The summed E-state index contributed by atoms with van der Waals surface area (Å²) in [5, 5.41) is 4.94. The first-order valence-corrected chi connectivity index (χ1v) is 3.52. The van der Waals surface area contributed by atoms with Gasteiger partial charge in [0.15, 0.2) is 0 Å². The number of halogens is 4. The quantitative estimate of drug-likeness (QED) is 0.661. The molecule has 0 spiro atoms. The van der Waals surface area contributed by atoms with Crippen LogP contribution in [0.1, 0.15) is 13.3 Å². The van der Waals surface area contributed by atoms with E-state index in [4.69, 9.17) is 16.7 Å². The van der Waals surface area contributed by atoms with E-state index in [1.807, 2.05) is 0 Å². The monoisotopic (exact) mass is 202 g/mol. The summed E-state index contributed by atoms with van der Waals surface area (Å²) in [5.74, 6) is -5.40. The lowest BCUT2D eigenvalue weighted by atomic mass is 9.65. The molecule has 0 radical (unpaired) electrons.